The second kappa shape index (κ2) is 7.61. The Kier molecular flexibility index (Phi) is 5.55. The van der Waals surface area contributed by atoms with Crippen LogP contribution in [0.2, 0.25) is 5.02 Å². The molecule has 0 heterocycles. The van der Waals surface area contributed by atoms with E-state index in [4.69, 9.17) is 16.3 Å². The number of allylic oxidation sites excluding steroid dienone is 1. The molecular formula is C18H16ClNO3. The number of carbonyl (C=O) groups is 2. The molecule has 2 aromatic rings. The van der Waals surface area contributed by atoms with Crippen LogP contribution >= 0.6 is 11.6 Å². The number of aryl methyl sites for hydroxylation is 1. The van der Waals surface area contributed by atoms with Gasteiger partial charge in [-0.25, -0.2) is 4.79 Å². The molecule has 2 aromatic carbocycles. The molecule has 5 heteroatoms. The van der Waals surface area contributed by atoms with Crippen molar-refractivity contribution >= 4 is 29.0 Å². The number of rotatable bonds is 5. The highest BCUT2D eigenvalue weighted by atomic mass is 35.5. The normalized spacial score (nSPS) is 11.0. The lowest BCUT2D eigenvalue weighted by Crippen LogP contribution is -2.15. The highest BCUT2D eigenvalue weighted by molar-refractivity contribution is 6.30. The topological polar surface area (TPSA) is 55.4 Å². The van der Waals surface area contributed by atoms with Gasteiger partial charge in [0.15, 0.2) is 5.78 Å². The molecule has 0 fully saturated rings. The fraction of sp³-hybridized carbons (Fsp3) is 0.111. The van der Waals surface area contributed by atoms with E-state index < -0.39 is 5.97 Å². The van der Waals surface area contributed by atoms with E-state index in [-0.39, 0.29) is 11.5 Å². The van der Waals surface area contributed by atoms with Crippen molar-refractivity contribution in [3.05, 3.63) is 76.5 Å². The maximum absolute atomic E-state index is 12.3. The number of halogens is 1. The Balaban J connectivity index is 2.26. The number of benzene rings is 2. The van der Waals surface area contributed by atoms with Crippen LogP contribution in [0.3, 0.4) is 0 Å². The number of carbonyl (C=O) groups excluding carboxylic acids is 2. The number of ether oxygens (including phenoxy) is 1. The van der Waals surface area contributed by atoms with E-state index in [2.05, 4.69) is 5.32 Å². The minimum absolute atomic E-state index is 0.0660. The minimum Gasteiger partial charge on any atom is -0.464 e. The van der Waals surface area contributed by atoms with Crippen LogP contribution in [0.4, 0.5) is 5.69 Å². The summed E-state index contributed by atoms with van der Waals surface area (Å²) >= 11 is 5.80. The molecule has 0 aliphatic rings. The predicted molar refractivity (Wildman–Crippen MR) is 90.7 cm³/mol. The second-order valence-electron chi connectivity index (χ2n) is 4.91. The van der Waals surface area contributed by atoms with Gasteiger partial charge in [0.05, 0.1) is 7.11 Å². The molecule has 23 heavy (non-hydrogen) atoms. The molecule has 0 saturated carbocycles. The number of methoxy groups -OCH3 is 1. The number of anilines is 1. The average Bonchev–Trinajstić information content (AvgIpc) is 2.56. The lowest BCUT2D eigenvalue weighted by molar-refractivity contribution is -0.135. The van der Waals surface area contributed by atoms with E-state index in [0.29, 0.717) is 16.3 Å². The summed E-state index contributed by atoms with van der Waals surface area (Å²) < 4.78 is 4.72. The molecule has 0 spiro atoms. The van der Waals surface area contributed by atoms with Crippen LogP contribution in [-0.2, 0) is 9.53 Å². The summed E-state index contributed by atoms with van der Waals surface area (Å²) in [4.78, 5) is 24.1. The number of nitrogens with one attached hydrogen (secondary N) is 1. The van der Waals surface area contributed by atoms with Gasteiger partial charge in [0.25, 0.3) is 0 Å². The third-order valence-corrected chi connectivity index (χ3v) is 3.39. The van der Waals surface area contributed by atoms with Gasteiger partial charge in [-0.3, -0.25) is 4.79 Å². The fourth-order valence-corrected chi connectivity index (χ4v) is 2.00. The van der Waals surface area contributed by atoms with Crippen LogP contribution < -0.4 is 5.32 Å². The number of hydrogen-bond acceptors (Lipinski definition) is 4. The Hall–Kier alpha value is -2.59. The zero-order chi connectivity index (χ0) is 16.8. The Morgan fingerprint density at radius 2 is 1.65 bits per heavy atom. The van der Waals surface area contributed by atoms with E-state index in [1.54, 1.807) is 24.3 Å². The second-order valence-corrected chi connectivity index (χ2v) is 5.35. The Morgan fingerprint density at radius 3 is 2.22 bits per heavy atom. The molecular weight excluding hydrogens is 314 g/mol. The first-order valence-corrected chi connectivity index (χ1v) is 7.31. The molecule has 0 atom stereocenters. The first-order chi connectivity index (χ1) is 11.0. The Labute approximate surface area is 139 Å². The molecule has 0 saturated heterocycles. The maximum atomic E-state index is 12.3. The van der Waals surface area contributed by atoms with Crippen LogP contribution in [0.1, 0.15) is 15.9 Å². The SMILES string of the molecule is COC(=O)C(=CC(=O)c1ccc(Cl)cc1)Nc1ccc(C)cc1. The van der Waals surface area contributed by atoms with Crippen LogP contribution in [0.15, 0.2) is 60.3 Å². The Morgan fingerprint density at radius 1 is 1.04 bits per heavy atom. The summed E-state index contributed by atoms with van der Waals surface area (Å²) in [6.07, 6.45) is 1.22. The number of ketones is 1. The van der Waals surface area contributed by atoms with Crippen molar-refractivity contribution < 1.29 is 14.3 Å². The van der Waals surface area contributed by atoms with E-state index >= 15 is 0 Å². The van der Waals surface area contributed by atoms with Gasteiger partial charge in [0, 0.05) is 22.3 Å². The highest BCUT2D eigenvalue weighted by Gasteiger charge is 2.13. The van der Waals surface area contributed by atoms with E-state index in [0.717, 1.165) is 5.56 Å². The monoisotopic (exact) mass is 329 g/mol. The summed E-state index contributed by atoms with van der Waals surface area (Å²) in [5, 5.41) is 3.45. The first kappa shape index (κ1) is 16.8. The average molecular weight is 330 g/mol. The van der Waals surface area contributed by atoms with E-state index in [9.17, 15) is 9.59 Å². The third-order valence-electron chi connectivity index (χ3n) is 3.14. The fourth-order valence-electron chi connectivity index (χ4n) is 1.88. The van der Waals surface area contributed by atoms with Gasteiger partial charge >= 0.3 is 5.97 Å². The molecule has 4 nitrogen and oxygen atoms in total. The van der Waals surface area contributed by atoms with Crippen molar-refractivity contribution in [2.45, 2.75) is 6.92 Å². The number of esters is 1. The molecule has 118 valence electrons. The van der Waals surface area contributed by atoms with Crippen molar-refractivity contribution in [2.24, 2.45) is 0 Å². The van der Waals surface area contributed by atoms with Crippen molar-refractivity contribution in [1.29, 1.82) is 0 Å². The van der Waals surface area contributed by atoms with Crippen LogP contribution in [0.25, 0.3) is 0 Å². The first-order valence-electron chi connectivity index (χ1n) is 6.93. The lowest BCUT2D eigenvalue weighted by Gasteiger charge is -2.09. The molecule has 0 unspecified atom stereocenters. The van der Waals surface area contributed by atoms with Gasteiger partial charge in [-0.15, -0.1) is 0 Å². The van der Waals surface area contributed by atoms with Gasteiger partial charge in [0.1, 0.15) is 5.70 Å². The molecule has 0 aliphatic carbocycles. The lowest BCUT2D eigenvalue weighted by atomic mass is 10.1. The zero-order valence-corrected chi connectivity index (χ0v) is 13.6. The van der Waals surface area contributed by atoms with Crippen LogP contribution in [0, 0.1) is 6.92 Å². The van der Waals surface area contributed by atoms with Crippen molar-refractivity contribution in [3.8, 4) is 0 Å². The molecule has 0 aromatic heterocycles. The molecule has 0 bridgehead atoms. The highest BCUT2D eigenvalue weighted by Crippen LogP contribution is 2.14. The van der Waals surface area contributed by atoms with Gasteiger partial charge in [0.2, 0.25) is 0 Å². The molecule has 1 N–H and O–H groups in total. The standard InChI is InChI=1S/C18H16ClNO3/c1-12-3-9-15(10-4-12)20-16(18(22)23-2)11-17(21)13-5-7-14(19)8-6-13/h3-11,20H,1-2H3. The van der Waals surface area contributed by atoms with Crippen LogP contribution in [-0.4, -0.2) is 18.9 Å². The molecule has 0 amide bonds. The van der Waals surface area contributed by atoms with Gasteiger partial charge in [-0.1, -0.05) is 29.3 Å². The van der Waals surface area contributed by atoms with Crippen molar-refractivity contribution in [3.63, 3.8) is 0 Å². The zero-order valence-electron chi connectivity index (χ0n) is 12.8. The predicted octanol–water partition coefficient (Wildman–Crippen LogP) is 4.00. The van der Waals surface area contributed by atoms with Gasteiger partial charge < -0.3 is 10.1 Å². The van der Waals surface area contributed by atoms with Gasteiger partial charge in [-0.05, 0) is 43.3 Å². The summed E-state index contributed by atoms with van der Waals surface area (Å²) in [6.45, 7) is 1.96. The van der Waals surface area contributed by atoms with E-state index in [1.165, 1.54) is 13.2 Å². The largest absolute Gasteiger partial charge is 0.464 e. The minimum atomic E-state index is -0.618. The van der Waals surface area contributed by atoms with Crippen molar-refractivity contribution in [1.82, 2.24) is 0 Å². The number of hydrogen-bond donors (Lipinski definition) is 1. The summed E-state index contributed by atoms with van der Waals surface area (Å²) in [5.41, 5.74) is 2.28. The molecule has 2 rings (SSSR count). The van der Waals surface area contributed by atoms with E-state index in [1.807, 2.05) is 31.2 Å². The van der Waals surface area contributed by atoms with Gasteiger partial charge in [-0.2, -0.15) is 0 Å². The maximum Gasteiger partial charge on any atom is 0.354 e. The third kappa shape index (κ3) is 4.69. The van der Waals surface area contributed by atoms with Crippen molar-refractivity contribution in [2.75, 3.05) is 12.4 Å². The molecule has 0 aliphatic heterocycles. The molecule has 0 radical (unpaired) electrons. The Bertz CT molecular complexity index is 734. The summed E-state index contributed by atoms with van der Waals surface area (Å²) in [5.74, 6) is -0.936. The summed E-state index contributed by atoms with van der Waals surface area (Å²) in [6, 6.07) is 13.9. The smallest absolute Gasteiger partial charge is 0.354 e. The summed E-state index contributed by atoms with van der Waals surface area (Å²) in [7, 11) is 1.26. The quantitative estimate of drug-likeness (QED) is 0.512. The van der Waals surface area contributed by atoms with Crippen LogP contribution in [0.5, 0.6) is 0 Å².